The molecule has 0 aromatic heterocycles. The van der Waals surface area contributed by atoms with E-state index in [2.05, 4.69) is 12.3 Å². The van der Waals surface area contributed by atoms with E-state index in [0.717, 1.165) is 12.0 Å². The van der Waals surface area contributed by atoms with E-state index in [1.165, 1.54) is 11.6 Å². The van der Waals surface area contributed by atoms with Crippen LogP contribution < -0.4 is 11.3 Å². The predicted molar refractivity (Wildman–Crippen MR) is 76.4 cm³/mol. The monoisotopic (exact) mass is 278 g/mol. The van der Waals surface area contributed by atoms with Gasteiger partial charge in [0.25, 0.3) is 0 Å². The summed E-state index contributed by atoms with van der Waals surface area (Å²) in [5.74, 6) is 5.16. The molecule has 0 aliphatic rings. The van der Waals surface area contributed by atoms with Crippen molar-refractivity contribution in [1.29, 1.82) is 0 Å². The second-order valence-corrected chi connectivity index (χ2v) is 4.72. The number of halogens is 2. The van der Waals surface area contributed by atoms with Crippen LogP contribution in [0.2, 0.25) is 5.02 Å². The predicted octanol–water partition coefficient (Wildman–Crippen LogP) is 3.59. The third kappa shape index (κ3) is 2.95. The first-order valence-electron chi connectivity index (χ1n) is 6.16. The molecule has 3 N–H and O–H groups in total. The lowest BCUT2D eigenvalue weighted by atomic mass is 9.97. The van der Waals surface area contributed by atoms with Crippen LogP contribution in [0.15, 0.2) is 42.5 Å². The molecule has 0 aliphatic heterocycles. The zero-order valence-corrected chi connectivity index (χ0v) is 11.4. The van der Waals surface area contributed by atoms with Gasteiger partial charge in [-0.3, -0.25) is 5.84 Å². The van der Waals surface area contributed by atoms with Gasteiger partial charge in [-0.05, 0) is 29.2 Å². The fraction of sp³-hybridized carbons (Fsp3) is 0.200. The number of benzene rings is 2. The number of nitrogens with one attached hydrogen (secondary N) is 1. The maximum atomic E-state index is 13.5. The Kier molecular flexibility index (Phi) is 4.53. The van der Waals surface area contributed by atoms with Crippen molar-refractivity contribution in [3.63, 3.8) is 0 Å². The van der Waals surface area contributed by atoms with E-state index in [1.807, 2.05) is 24.3 Å². The van der Waals surface area contributed by atoms with Crippen LogP contribution in [0.4, 0.5) is 4.39 Å². The summed E-state index contributed by atoms with van der Waals surface area (Å²) in [5.41, 5.74) is 5.51. The molecule has 2 aromatic rings. The minimum atomic E-state index is -0.440. The Bertz CT molecular complexity index is 555. The van der Waals surface area contributed by atoms with Crippen LogP contribution in [-0.4, -0.2) is 0 Å². The summed E-state index contributed by atoms with van der Waals surface area (Å²) in [6, 6.07) is 12.4. The van der Waals surface area contributed by atoms with Gasteiger partial charge < -0.3 is 0 Å². The number of hydrogen-bond acceptors (Lipinski definition) is 2. The van der Waals surface area contributed by atoms with Gasteiger partial charge in [0.15, 0.2) is 0 Å². The van der Waals surface area contributed by atoms with Crippen molar-refractivity contribution in [2.45, 2.75) is 19.4 Å². The summed E-state index contributed by atoms with van der Waals surface area (Å²) < 4.78 is 13.5. The zero-order valence-electron chi connectivity index (χ0n) is 10.7. The maximum Gasteiger partial charge on any atom is 0.142 e. The van der Waals surface area contributed by atoms with Crippen LogP contribution in [0, 0.1) is 5.82 Å². The van der Waals surface area contributed by atoms with E-state index >= 15 is 0 Å². The lowest BCUT2D eigenvalue weighted by molar-refractivity contribution is 0.606. The highest BCUT2D eigenvalue weighted by Crippen LogP contribution is 2.29. The maximum absolute atomic E-state index is 13.5. The van der Waals surface area contributed by atoms with Crippen molar-refractivity contribution in [3.8, 4) is 0 Å². The minimum absolute atomic E-state index is 0.102. The number of nitrogens with two attached hydrogens (primary N) is 1. The molecular weight excluding hydrogens is 263 g/mol. The topological polar surface area (TPSA) is 38.0 Å². The normalized spacial score (nSPS) is 12.4. The van der Waals surface area contributed by atoms with Gasteiger partial charge in [-0.25, -0.2) is 9.82 Å². The molecule has 0 fully saturated rings. The van der Waals surface area contributed by atoms with Gasteiger partial charge in [-0.2, -0.15) is 0 Å². The Balaban J connectivity index is 2.40. The summed E-state index contributed by atoms with van der Waals surface area (Å²) in [7, 11) is 0. The molecule has 1 atom stereocenters. The summed E-state index contributed by atoms with van der Waals surface area (Å²) in [5, 5.41) is 0.102. The van der Waals surface area contributed by atoms with Crippen LogP contribution in [0.25, 0.3) is 0 Å². The largest absolute Gasteiger partial charge is 0.271 e. The van der Waals surface area contributed by atoms with Crippen LogP contribution in [0.3, 0.4) is 0 Å². The molecule has 0 saturated heterocycles. The van der Waals surface area contributed by atoms with E-state index in [0.29, 0.717) is 5.56 Å². The standard InChI is InChI=1S/C15H16ClFN2/c1-2-10-6-8-11(9-7-10)15(19-18)12-4-3-5-13(17)14(12)16/h3-9,15,19H,2,18H2,1H3. The second-order valence-electron chi connectivity index (χ2n) is 4.34. The first-order chi connectivity index (χ1) is 9.17. The third-order valence-electron chi connectivity index (χ3n) is 3.18. The smallest absolute Gasteiger partial charge is 0.142 e. The van der Waals surface area contributed by atoms with E-state index in [1.54, 1.807) is 12.1 Å². The highest BCUT2D eigenvalue weighted by molar-refractivity contribution is 6.31. The Morgan fingerprint density at radius 1 is 1.21 bits per heavy atom. The Morgan fingerprint density at radius 2 is 1.89 bits per heavy atom. The van der Waals surface area contributed by atoms with Crippen molar-refractivity contribution < 1.29 is 4.39 Å². The molecule has 1 unspecified atom stereocenters. The first kappa shape index (κ1) is 14.0. The van der Waals surface area contributed by atoms with Gasteiger partial charge in [0.2, 0.25) is 0 Å². The molecule has 0 heterocycles. The van der Waals surface area contributed by atoms with Crippen molar-refractivity contribution >= 4 is 11.6 Å². The molecule has 19 heavy (non-hydrogen) atoms. The van der Waals surface area contributed by atoms with Crippen molar-refractivity contribution in [2.75, 3.05) is 0 Å². The molecule has 2 aromatic carbocycles. The van der Waals surface area contributed by atoms with Gasteiger partial charge in [-0.15, -0.1) is 0 Å². The lowest BCUT2D eigenvalue weighted by Gasteiger charge is -2.18. The molecule has 0 saturated carbocycles. The second kappa shape index (κ2) is 6.15. The van der Waals surface area contributed by atoms with E-state index in [9.17, 15) is 4.39 Å². The van der Waals surface area contributed by atoms with Crippen molar-refractivity contribution in [3.05, 3.63) is 70.0 Å². The number of hydrazine groups is 1. The van der Waals surface area contributed by atoms with Gasteiger partial charge in [0, 0.05) is 0 Å². The summed E-state index contributed by atoms with van der Waals surface area (Å²) in [6.07, 6.45) is 0.974. The van der Waals surface area contributed by atoms with Gasteiger partial charge in [0.05, 0.1) is 11.1 Å². The Morgan fingerprint density at radius 3 is 2.47 bits per heavy atom. The first-order valence-corrected chi connectivity index (χ1v) is 6.54. The van der Waals surface area contributed by atoms with Crippen LogP contribution >= 0.6 is 11.6 Å². The highest BCUT2D eigenvalue weighted by atomic mass is 35.5. The summed E-state index contributed by atoms with van der Waals surface area (Å²) in [4.78, 5) is 0. The quantitative estimate of drug-likeness (QED) is 0.662. The number of hydrogen-bond donors (Lipinski definition) is 2. The molecule has 0 spiro atoms. The molecule has 2 nitrogen and oxygen atoms in total. The molecule has 2 rings (SSSR count). The number of aryl methyl sites for hydroxylation is 1. The fourth-order valence-electron chi connectivity index (χ4n) is 2.05. The molecule has 0 amide bonds. The SMILES string of the molecule is CCc1ccc(C(NN)c2cccc(F)c2Cl)cc1. The summed E-state index contributed by atoms with van der Waals surface area (Å²) >= 11 is 6.00. The Hall–Kier alpha value is -1.42. The van der Waals surface area contributed by atoms with Crippen LogP contribution in [0.5, 0.6) is 0 Å². The third-order valence-corrected chi connectivity index (χ3v) is 3.58. The van der Waals surface area contributed by atoms with E-state index in [-0.39, 0.29) is 11.1 Å². The average molecular weight is 279 g/mol. The molecule has 0 aliphatic carbocycles. The summed E-state index contributed by atoms with van der Waals surface area (Å²) in [6.45, 7) is 2.09. The van der Waals surface area contributed by atoms with E-state index < -0.39 is 5.82 Å². The number of rotatable bonds is 4. The van der Waals surface area contributed by atoms with Crippen LogP contribution in [-0.2, 0) is 6.42 Å². The van der Waals surface area contributed by atoms with Gasteiger partial charge in [0.1, 0.15) is 5.82 Å². The zero-order chi connectivity index (χ0) is 13.8. The molecular formula is C15H16ClFN2. The fourth-order valence-corrected chi connectivity index (χ4v) is 2.29. The van der Waals surface area contributed by atoms with Crippen LogP contribution in [0.1, 0.15) is 29.7 Å². The van der Waals surface area contributed by atoms with Gasteiger partial charge in [-0.1, -0.05) is 54.9 Å². The lowest BCUT2D eigenvalue weighted by Crippen LogP contribution is -2.29. The van der Waals surface area contributed by atoms with Crippen molar-refractivity contribution in [1.82, 2.24) is 5.43 Å². The molecule has 100 valence electrons. The average Bonchev–Trinajstić information content (AvgIpc) is 2.45. The van der Waals surface area contributed by atoms with Gasteiger partial charge >= 0.3 is 0 Å². The highest BCUT2D eigenvalue weighted by Gasteiger charge is 2.17. The van der Waals surface area contributed by atoms with E-state index in [4.69, 9.17) is 17.4 Å². The molecule has 4 heteroatoms. The Labute approximate surface area is 117 Å². The minimum Gasteiger partial charge on any atom is -0.271 e. The molecule has 0 radical (unpaired) electrons. The molecule has 0 bridgehead atoms. The van der Waals surface area contributed by atoms with Crippen molar-refractivity contribution in [2.24, 2.45) is 5.84 Å².